The largest absolute Gasteiger partial charge is 0.497 e. The lowest BCUT2D eigenvalue weighted by atomic mass is 10.0. The molecule has 0 spiro atoms. The van der Waals surface area contributed by atoms with Crippen LogP contribution in [0.1, 0.15) is 33.6 Å². The number of ether oxygens (including phenoxy) is 2. The highest BCUT2D eigenvalue weighted by Crippen LogP contribution is 2.23. The first-order valence-corrected chi connectivity index (χ1v) is 8.46. The predicted octanol–water partition coefficient (Wildman–Crippen LogP) is 2.33. The second kappa shape index (κ2) is 7.95. The summed E-state index contributed by atoms with van der Waals surface area (Å²) in [6, 6.07) is 6.75. The molecule has 0 aliphatic carbocycles. The van der Waals surface area contributed by atoms with E-state index in [2.05, 4.69) is 5.32 Å². The fourth-order valence-corrected chi connectivity index (χ4v) is 3.00. The Bertz CT molecular complexity index is 742. The molecule has 1 aliphatic rings. The average molecular weight is 358 g/mol. The highest BCUT2D eigenvalue weighted by molar-refractivity contribution is 5.95. The molecule has 1 N–H and O–H groups in total. The van der Waals surface area contributed by atoms with Crippen molar-refractivity contribution in [3.8, 4) is 11.5 Å². The summed E-state index contributed by atoms with van der Waals surface area (Å²) in [7, 11) is 3.09. The molecule has 2 amide bonds. The zero-order valence-electron chi connectivity index (χ0n) is 14.9. The van der Waals surface area contributed by atoms with Gasteiger partial charge in [0, 0.05) is 30.8 Å². The molecule has 26 heavy (non-hydrogen) atoms. The van der Waals surface area contributed by atoms with Crippen LogP contribution in [0, 0.1) is 0 Å². The lowest BCUT2D eigenvalue weighted by Gasteiger charge is -2.32. The smallest absolute Gasteiger partial charge is 0.257 e. The van der Waals surface area contributed by atoms with Gasteiger partial charge in [0.1, 0.15) is 17.8 Å². The van der Waals surface area contributed by atoms with Crippen LogP contribution < -0.4 is 14.8 Å². The Morgan fingerprint density at radius 3 is 2.27 bits per heavy atom. The van der Waals surface area contributed by atoms with Crippen molar-refractivity contribution in [2.75, 3.05) is 27.3 Å². The van der Waals surface area contributed by atoms with Gasteiger partial charge in [0.25, 0.3) is 11.8 Å². The predicted molar refractivity (Wildman–Crippen MR) is 94.6 cm³/mol. The van der Waals surface area contributed by atoms with Gasteiger partial charge in [0.2, 0.25) is 0 Å². The lowest BCUT2D eigenvalue weighted by molar-refractivity contribution is 0.0697. The topological polar surface area (TPSA) is 81.0 Å². The summed E-state index contributed by atoms with van der Waals surface area (Å²) in [4.78, 5) is 26.6. The third-order valence-corrected chi connectivity index (χ3v) is 4.50. The van der Waals surface area contributed by atoms with E-state index in [0.717, 1.165) is 0 Å². The van der Waals surface area contributed by atoms with Crippen molar-refractivity contribution in [2.24, 2.45) is 0 Å². The van der Waals surface area contributed by atoms with E-state index in [-0.39, 0.29) is 17.9 Å². The zero-order chi connectivity index (χ0) is 18.5. The van der Waals surface area contributed by atoms with Gasteiger partial charge < -0.3 is 24.1 Å². The molecule has 138 valence electrons. The van der Waals surface area contributed by atoms with Crippen LogP contribution in [0.5, 0.6) is 11.5 Å². The molecule has 0 saturated carbocycles. The molecule has 7 nitrogen and oxygen atoms in total. The molecule has 0 atom stereocenters. The Labute approximate surface area is 151 Å². The van der Waals surface area contributed by atoms with E-state index in [0.29, 0.717) is 48.6 Å². The summed E-state index contributed by atoms with van der Waals surface area (Å²) < 4.78 is 15.4. The molecule has 0 radical (unpaired) electrons. The number of hydrogen-bond donors (Lipinski definition) is 1. The highest BCUT2D eigenvalue weighted by Gasteiger charge is 2.25. The molecule has 3 rings (SSSR count). The maximum absolute atomic E-state index is 12.5. The molecule has 1 aliphatic heterocycles. The van der Waals surface area contributed by atoms with Gasteiger partial charge in [-0.05, 0) is 31.0 Å². The van der Waals surface area contributed by atoms with E-state index < -0.39 is 0 Å². The van der Waals surface area contributed by atoms with Crippen molar-refractivity contribution < 1.29 is 23.5 Å². The molecule has 2 heterocycles. The maximum Gasteiger partial charge on any atom is 0.257 e. The number of benzene rings is 1. The number of amides is 2. The average Bonchev–Trinajstić information content (AvgIpc) is 3.22. The van der Waals surface area contributed by atoms with Gasteiger partial charge in [-0.15, -0.1) is 0 Å². The quantitative estimate of drug-likeness (QED) is 0.887. The van der Waals surface area contributed by atoms with Gasteiger partial charge in [0.15, 0.2) is 0 Å². The summed E-state index contributed by atoms with van der Waals surface area (Å²) in [5.41, 5.74) is 1.04. The van der Waals surface area contributed by atoms with E-state index in [1.165, 1.54) is 12.5 Å². The third kappa shape index (κ3) is 3.99. The summed E-state index contributed by atoms with van der Waals surface area (Å²) in [6.07, 6.45) is 4.35. The molecule has 0 unspecified atom stereocenters. The first-order valence-electron chi connectivity index (χ1n) is 8.46. The minimum Gasteiger partial charge on any atom is -0.497 e. The molecule has 1 aromatic heterocycles. The second-order valence-corrected chi connectivity index (χ2v) is 6.15. The minimum absolute atomic E-state index is 0.0214. The molecule has 7 heteroatoms. The Morgan fingerprint density at radius 1 is 1.08 bits per heavy atom. The maximum atomic E-state index is 12.5. The van der Waals surface area contributed by atoms with Crippen LogP contribution in [0.3, 0.4) is 0 Å². The highest BCUT2D eigenvalue weighted by atomic mass is 16.5. The van der Waals surface area contributed by atoms with Gasteiger partial charge in [-0.3, -0.25) is 9.59 Å². The van der Waals surface area contributed by atoms with Crippen LogP contribution >= 0.6 is 0 Å². The summed E-state index contributed by atoms with van der Waals surface area (Å²) >= 11 is 0. The number of methoxy groups -OCH3 is 2. The normalized spacial score (nSPS) is 14.8. The summed E-state index contributed by atoms with van der Waals surface area (Å²) in [5.74, 6) is 0.910. The van der Waals surface area contributed by atoms with E-state index in [9.17, 15) is 9.59 Å². The summed E-state index contributed by atoms with van der Waals surface area (Å²) in [5, 5.41) is 3.03. The van der Waals surface area contributed by atoms with Crippen LogP contribution in [-0.4, -0.2) is 50.1 Å². The van der Waals surface area contributed by atoms with Gasteiger partial charge >= 0.3 is 0 Å². The van der Waals surface area contributed by atoms with Crippen LogP contribution in [0.4, 0.5) is 0 Å². The number of furan rings is 1. The van der Waals surface area contributed by atoms with E-state index in [1.807, 2.05) is 0 Å². The first-order chi connectivity index (χ1) is 12.6. The number of nitrogens with one attached hydrogen (secondary N) is 1. The zero-order valence-corrected chi connectivity index (χ0v) is 14.9. The molecule has 1 fully saturated rings. The van der Waals surface area contributed by atoms with E-state index in [4.69, 9.17) is 13.9 Å². The Kier molecular flexibility index (Phi) is 5.46. The number of carbonyl (C=O) groups excluding carboxylic acids is 2. The first kappa shape index (κ1) is 17.8. The van der Waals surface area contributed by atoms with Crippen molar-refractivity contribution in [3.05, 3.63) is 47.9 Å². The van der Waals surface area contributed by atoms with Crippen molar-refractivity contribution in [3.63, 3.8) is 0 Å². The van der Waals surface area contributed by atoms with E-state index in [1.54, 1.807) is 43.4 Å². The monoisotopic (exact) mass is 358 g/mol. The molecular formula is C19H22N2O5. The number of rotatable bonds is 5. The number of likely N-dealkylation sites (tertiary alicyclic amines) is 1. The van der Waals surface area contributed by atoms with Crippen molar-refractivity contribution in [2.45, 2.75) is 18.9 Å². The van der Waals surface area contributed by atoms with Gasteiger partial charge in [-0.1, -0.05) is 0 Å². The molecular weight excluding hydrogens is 336 g/mol. The molecule has 1 saturated heterocycles. The SMILES string of the molecule is COc1cc(OC)cc(C(=O)NC2CCN(C(=O)c3ccoc3)CC2)c1. The Morgan fingerprint density at radius 2 is 1.73 bits per heavy atom. The third-order valence-electron chi connectivity index (χ3n) is 4.50. The summed E-state index contributed by atoms with van der Waals surface area (Å²) in [6.45, 7) is 1.19. The minimum atomic E-state index is -0.179. The lowest BCUT2D eigenvalue weighted by Crippen LogP contribution is -2.46. The molecule has 2 aromatic rings. The van der Waals surface area contributed by atoms with Gasteiger partial charge in [-0.25, -0.2) is 0 Å². The number of hydrogen-bond acceptors (Lipinski definition) is 5. The van der Waals surface area contributed by atoms with Crippen LogP contribution in [-0.2, 0) is 0 Å². The fourth-order valence-electron chi connectivity index (χ4n) is 3.00. The molecule has 0 bridgehead atoms. The Hall–Kier alpha value is -2.96. The van der Waals surface area contributed by atoms with Crippen molar-refractivity contribution >= 4 is 11.8 Å². The van der Waals surface area contributed by atoms with Crippen LogP contribution in [0.15, 0.2) is 41.2 Å². The Balaban J connectivity index is 1.57. The van der Waals surface area contributed by atoms with Crippen LogP contribution in [0.25, 0.3) is 0 Å². The number of carbonyl (C=O) groups is 2. The van der Waals surface area contributed by atoms with Crippen molar-refractivity contribution in [1.82, 2.24) is 10.2 Å². The second-order valence-electron chi connectivity index (χ2n) is 6.15. The fraction of sp³-hybridized carbons (Fsp3) is 0.368. The molecule has 1 aromatic carbocycles. The number of piperidine rings is 1. The van der Waals surface area contributed by atoms with Gasteiger partial charge in [-0.2, -0.15) is 0 Å². The number of nitrogens with zero attached hydrogens (tertiary/aromatic N) is 1. The standard InChI is InChI=1S/C19H22N2O5/c1-24-16-9-14(10-17(11-16)25-2)18(22)20-15-3-6-21(7-4-15)19(23)13-5-8-26-12-13/h5,8-12,15H,3-4,6-7H2,1-2H3,(H,20,22). The van der Waals surface area contributed by atoms with Crippen LogP contribution in [0.2, 0.25) is 0 Å². The van der Waals surface area contributed by atoms with Gasteiger partial charge in [0.05, 0.1) is 26.0 Å². The van der Waals surface area contributed by atoms with E-state index >= 15 is 0 Å². The van der Waals surface area contributed by atoms with Crippen molar-refractivity contribution in [1.29, 1.82) is 0 Å².